The van der Waals surface area contributed by atoms with Gasteiger partial charge in [0.25, 0.3) is 0 Å². The molecular weight excluding hydrogens is 333 g/mol. The molecule has 1 unspecified atom stereocenters. The van der Waals surface area contributed by atoms with E-state index in [2.05, 4.69) is 0 Å². The molecule has 2 aliphatic heterocycles. The van der Waals surface area contributed by atoms with E-state index in [1.54, 1.807) is 6.07 Å². The maximum atomic E-state index is 13.8. The standard InChI is InChI=1S/C21H26FNO3/c22-18-6-2-1-5-16(18)13-15-7-11-23(12-8-15)20(25)17-14-19(24)26-21(17)9-3-4-10-21/h1-2,5-6,15,17H,3-4,7-14H2. The zero-order valence-corrected chi connectivity index (χ0v) is 15.1. The van der Waals surface area contributed by atoms with Gasteiger partial charge in [-0.15, -0.1) is 0 Å². The Kier molecular flexibility index (Phi) is 4.72. The van der Waals surface area contributed by atoms with Crippen molar-refractivity contribution >= 4 is 11.9 Å². The molecule has 0 N–H and O–H groups in total. The summed E-state index contributed by atoms with van der Waals surface area (Å²) in [6.45, 7) is 1.39. The summed E-state index contributed by atoms with van der Waals surface area (Å²) < 4.78 is 19.5. The van der Waals surface area contributed by atoms with Crippen molar-refractivity contribution in [3.8, 4) is 0 Å². The van der Waals surface area contributed by atoms with Crippen LogP contribution in [0.3, 0.4) is 0 Å². The number of halogens is 1. The maximum Gasteiger partial charge on any atom is 0.307 e. The minimum atomic E-state index is -0.530. The fraction of sp³-hybridized carbons (Fsp3) is 0.619. The topological polar surface area (TPSA) is 46.6 Å². The molecule has 0 aromatic heterocycles. The van der Waals surface area contributed by atoms with E-state index in [9.17, 15) is 14.0 Å². The van der Waals surface area contributed by atoms with Crippen LogP contribution in [0.5, 0.6) is 0 Å². The first-order valence-electron chi connectivity index (χ1n) is 9.81. The van der Waals surface area contributed by atoms with Crippen molar-refractivity contribution in [3.63, 3.8) is 0 Å². The lowest BCUT2D eigenvalue weighted by Crippen LogP contribution is -2.47. The second kappa shape index (κ2) is 7.01. The zero-order chi connectivity index (χ0) is 18.1. The molecule has 3 fully saturated rings. The number of nitrogens with zero attached hydrogens (tertiary/aromatic N) is 1. The van der Waals surface area contributed by atoms with Crippen LogP contribution in [0.25, 0.3) is 0 Å². The highest BCUT2D eigenvalue weighted by atomic mass is 19.1. The van der Waals surface area contributed by atoms with Crippen LogP contribution in [-0.2, 0) is 20.7 Å². The van der Waals surface area contributed by atoms with Gasteiger partial charge in [-0.2, -0.15) is 0 Å². The van der Waals surface area contributed by atoms with E-state index in [4.69, 9.17) is 4.74 Å². The predicted octanol–water partition coefficient (Wildman–Crippen LogP) is 3.48. The molecule has 3 aliphatic rings. The molecule has 0 bridgehead atoms. The normalized spacial score (nSPS) is 25.7. The van der Waals surface area contributed by atoms with Gasteiger partial charge in [0.15, 0.2) is 0 Å². The van der Waals surface area contributed by atoms with E-state index >= 15 is 0 Å². The number of ether oxygens (including phenoxy) is 1. The lowest BCUT2D eigenvalue weighted by molar-refractivity contribution is -0.152. The van der Waals surface area contributed by atoms with E-state index in [0.29, 0.717) is 19.0 Å². The highest BCUT2D eigenvalue weighted by molar-refractivity contribution is 5.88. The van der Waals surface area contributed by atoms with Crippen molar-refractivity contribution < 1.29 is 18.7 Å². The Hall–Kier alpha value is -1.91. The summed E-state index contributed by atoms with van der Waals surface area (Å²) in [5.74, 6) is -0.184. The average Bonchev–Trinajstić information content (AvgIpc) is 3.24. The number of piperidine rings is 1. The molecule has 4 rings (SSSR count). The lowest BCUT2D eigenvalue weighted by atomic mass is 9.83. The number of carbonyl (C=O) groups is 2. The quantitative estimate of drug-likeness (QED) is 0.776. The molecule has 1 aromatic rings. The van der Waals surface area contributed by atoms with Crippen LogP contribution in [0, 0.1) is 17.7 Å². The molecular formula is C21H26FNO3. The van der Waals surface area contributed by atoms with Crippen molar-refractivity contribution in [2.75, 3.05) is 13.1 Å². The van der Waals surface area contributed by atoms with E-state index < -0.39 is 5.60 Å². The first-order valence-corrected chi connectivity index (χ1v) is 9.81. The third kappa shape index (κ3) is 3.24. The van der Waals surface area contributed by atoms with Gasteiger partial charge in [0, 0.05) is 13.1 Å². The molecule has 5 heteroatoms. The molecule has 1 spiro atoms. The summed E-state index contributed by atoms with van der Waals surface area (Å²) in [6.07, 6.45) is 6.42. The van der Waals surface area contributed by atoms with Crippen LogP contribution in [0.1, 0.15) is 50.5 Å². The van der Waals surface area contributed by atoms with Crippen molar-refractivity contribution in [1.82, 2.24) is 4.90 Å². The molecule has 2 heterocycles. The fourth-order valence-corrected chi connectivity index (χ4v) is 4.98. The van der Waals surface area contributed by atoms with E-state index in [-0.39, 0.29) is 30.0 Å². The molecule has 0 radical (unpaired) electrons. The molecule has 140 valence electrons. The number of amides is 1. The first kappa shape index (κ1) is 17.5. The third-order valence-corrected chi connectivity index (χ3v) is 6.46. The van der Waals surface area contributed by atoms with Crippen LogP contribution in [0.15, 0.2) is 24.3 Å². The molecule has 4 nitrogen and oxygen atoms in total. The Morgan fingerprint density at radius 1 is 1.19 bits per heavy atom. The second-order valence-corrected chi connectivity index (χ2v) is 8.07. The third-order valence-electron chi connectivity index (χ3n) is 6.46. The van der Waals surface area contributed by atoms with Gasteiger partial charge >= 0.3 is 5.97 Å². The minimum absolute atomic E-state index is 0.0853. The van der Waals surface area contributed by atoms with E-state index in [1.165, 1.54) is 6.07 Å². The summed E-state index contributed by atoms with van der Waals surface area (Å²) >= 11 is 0. The van der Waals surface area contributed by atoms with Crippen molar-refractivity contribution in [2.24, 2.45) is 11.8 Å². The number of rotatable bonds is 3. The average molecular weight is 359 g/mol. The van der Waals surface area contributed by atoms with Gasteiger partial charge < -0.3 is 9.64 Å². The number of benzene rings is 1. The zero-order valence-electron chi connectivity index (χ0n) is 15.1. The largest absolute Gasteiger partial charge is 0.458 e. The molecule has 1 atom stereocenters. The van der Waals surface area contributed by atoms with Crippen LogP contribution in [0.4, 0.5) is 4.39 Å². The number of carbonyl (C=O) groups excluding carboxylic acids is 2. The molecule has 26 heavy (non-hydrogen) atoms. The number of esters is 1. The summed E-state index contributed by atoms with van der Waals surface area (Å²) in [4.78, 5) is 26.8. The van der Waals surface area contributed by atoms with Crippen LogP contribution in [0.2, 0.25) is 0 Å². The van der Waals surface area contributed by atoms with Crippen molar-refractivity contribution in [1.29, 1.82) is 0 Å². The van der Waals surface area contributed by atoms with Crippen LogP contribution >= 0.6 is 0 Å². The van der Waals surface area contributed by atoms with Crippen molar-refractivity contribution in [3.05, 3.63) is 35.6 Å². The molecule has 1 aliphatic carbocycles. The fourth-order valence-electron chi connectivity index (χ4n) is 4.98. The van der Waals surface area contributed by atoms with Crippen LogP contribution in [-0.4, -0.2) is 35.5 Å². The second-order valence-electron chi connectivity index (χ2n) is 8.07. The Bertz CT molecular complexity index is 690. The van der Waals surface area contributed by atoms with Gasteiger partial charge in [0.2, 0.25) is 5.91 Å². The highest BCUT2D eigenvalue weighted by Crippen LogP contribution is 2.46. The number of hydrogen-bond donors (Lipinski definition) is 0. The van der Waals surface area contributed by atoms with Gasteiger partial charge in [0.05, 0.1) is 12.3 Å². The van der Waals surface area contributed by atoms with Gasteiger partial charge in [0.1, 0.15) is 11.4 Å². The lowest BCUT2D eigenvalue weighted by Gasteiger charge is -2.36. The minimum Gasteiger partial charge on any atom is -0.458 e. The Morgan fingerprint density at radius 3 is 2.58 bits per heavy atom. The van der Waals surface area contributed by atoms with Gasteiger partial charge in [-0.05, 0) is 62.5 Å². The Balaban J connectivity index is 1.36. The molecule has 1 amide bonds. The monoisotopic (exact) mass is 359 g/mol. The van der Waals surface area contributed by atoms with Gasteiger partial charge in [-0.25, -0.2) is 4.39 Å². The van der Waals surface area contributed by atoms with E-state index in [0.717, 1.165) is 50.5 Å². The predicted molar refractivity (Wildman–Crippen MR) is 94.8 cm³/mol. The summed E-state index contributed by atoms with van der Waals surface area (Å²) in [6, 6.07) is 6.93. The van der Waals surface area contributed by atoms with Gasteiger partial charge in [-0.1, -0.05) is 18.2 Å². The van der Waals surface area contributed by atoms with Crippen molar-refractivity contribution in [2.45, 2.75) is 57.0 Å². The summed E-state index contributed by atoms with van der Waals surface area (Å²) in [5.41, 5.74) is 0.232. The smallest absolute Gasteiger partial charge is 0.307 e. The first-order chi connectivity index (χ1) is 12.6. The molecule has 1 aromatic carbocycles. The highest BCUT2D eigenvalue weighted by Gasteiger charge is 2.54. The summed E-state index contributed by atoms with van der Waals surface area (Å²) in [5, 5.41) is 0. The molecule has 2 saturated heterocycles. The number of likely N-dealkylation sites (tertiary alicyclic amines) is 1. The van der Waals surface area contributed by atoms with Gasteiger partial charge in [-0.3, -0.25) is 9.59 Å². The maximum absolute atomic E-state index is 13.8. The summed E-state index contributed by atoms with van der Waals surface area (Å²) in [7, 11) is 0. The van der Waals surface area contributed by atoms with E-state index in [1.807, 2.05) is 17.0 Å². The molecule has 1 saturated carbocycles. The van der Waals surface area contributed by atoms with Crippen LogP contribution < -0.4 is 0 Å². The Morgan fingerprint density at radius 2 is 1.88 bits per heavy atom. The Labute approximate surface area is 153 Å². The number of hydrogen-bond acceptors (Lipinski definition) is 3. The SMILES string of the molecule is O=C1CC(C(=O)N2CCC(Cc3ccccc3F)CC2)C2(CCCC2)O1.